The second-order valence-electron chi connectivity index (χ2n) is 3.64. The number of aryl methyl sites for hydroxylation is 1. The smallest absolute Gasteiger partial charge is 0.211 e. The third-order valence-corrected chi connectivity index (χ3v) is 2.77. The van der Waals surface area contributed by atoms with E-state index in [2.05, 4.69) is 0 Å². The normalized spacial score (nSPS) is 11.4. The van der Waals surface area contributed by atoms with Crippen molar-refractivity contribution < 1.29 is 17.9 Å². The Hall–Kier alpha value is -1.11. The molecule has 0 atom stereocenters. The number of sulfonamides is 1. The van der Waals surface area contributed by atoms with E-state index in [0.717, 1.165) is 5.75 Å². The second kappa shape index (κ2) is 6.58. The van der Waals surface area contributed by atoms with Gasteiger partial charge in [0.2, 0.25) is 10.0 Å². The van der Waals surface area contributed by atoms with E-state index in [4.69, 9.17) is 14.6 Å². The van der Waals surface area contributed by atoms with Crippen molar-refractivity contribution in [1.29, 1.82) is 0 Å². The van der Waals surface area contributed by atoms with Gasteiger partial charge in [-0.2, -0.15) is 0 Å². The van der Waals surface area contributed by atoms with Crippen LogP contribution in [0.1, 0.15) is 5.56 Å². The Labute approximate surface area is 102 Å². The van der Waals surface area contributed by atoms with Gasteiger partial charge in [-0.3, -0.25) is 0 Å². The number of nitrogens with two attached hydrogens (primary N) is 1. The van der Waals surface area contributed by atoms with Crippen molar-refractivity contribution in [2.45, 2.75) is 6.92 Å². The third kappa shape index (κ3) is 6.93. The van der Waals surface area contributed by atoms with Crippen molar-refractivity contribution >= 4 is 10.0 Å². The summed E-state index contributed by atoms with van der Waals surface area (Å²) >= 11 is 0. The molecular weight excluding hydrogens is 242 g/mol. The second-order valence-corrected chi connectivity index (χ2v) is 5.37. The largest absolute Gasteiger partial charge is 0.491 e. The molecule has 2 N–H and O–H groups in total. The van der Waals surface area contributed by atoms with Gasteiger partial charge in [-0.1, -0.05) is 17.7 Å². The van der Waals surface area contributed by atoms with E-state index in [9.17, 15) is 8.42 Å². The summed E-state index contributed by atoms with van der Waals surface area (Å²) in [6, 6.07) is 7.66. The molecule has 6 heteroatoms. The van der Waals surface area contributed by atoms with Crippen LogP contribution in [-0.4, -0.2) is 34.0 Å². The van der Waals surface area contributed by atoms with Gasteiger partial charge in [-0.05, 0) is 19.1 Å². The number of primary sulfonamides is 1. The highest BCUT2D eigenvalue weighted by Gasteiger charge is 2.01. The van der Waals surface area contributed by atoms with Crippen LogP contribution in [0.5, 0.6) is 5.75 Å². The lowest BCUT2D eigenvalue weighted by molar-refractivity contribution is 0.111. The summed E-state index contributed by atoms with van der Waals surface area (Å²) in [6.45, 7) is 2.81. The molecule has 96 valence electrons. The quantitative estimate of drug-likeness (QED) is 0.730. The zero-order valence-corrected chi connectivity index (χ0v) is 10.6. The molecule has 0 amide bonds. The van der Waals surface area contributed by atoms with Crippen LogP contribution < -0.4 is 9.88 Å². The first-order valence-corrected chi connectivity index (χ1v) is 6.96. The summed E-state index contributed by atoms with van der Waals surface area (Å²) < 4.78 is 31.6. The maximum atomic E-state index is 10.6. The molecule has 1 rings (SSSR count). The molecule has 0 aliphatic carbocycles. The van der Waals surface area contributed by atoms with E-state index in [1.165, 1.54) is 5.56 Å². The fourth-order valence-corrected chi connectivity index (χ4v) is 1.48. The molecule has 0 aliphatic rings. The number of hydrogen-bond donors (Lipinski definition) is 1. The van der Waals surface area contributed by atoms with Crippen molar-refractivity contribution in [2.24, 2.45) is 5.14 Å². The first-order valence-electron chi connectivity index (χ1n) is 5.25. The minimum absolute atomic E-state index is 0.0933. The Morgan fingerprint density at radius 2 is 1.76 bits per heavy atom. The summed E-state index contributed by atoms with van der Waals surface area (Å²) in [7, 11) is -3.43. The van der Waals surface area contributed by atoms with Crippen molar-refractivity contribution in [2.75, 3.05) is 25.6 Å². The summed E-state index contributed by atoms with van der Waals surface area (Å²) in [5, 5.41) is 4.82. The molecule has 0 saturated heterocycles. The van der Waals surface area contributed by atoms with Crippen LogP contribution in [0.2, 0.25) is 0 Å². The van der Waals surface area contributed by atoms with Gasteiger partial charge in [0.15, 0.2) is 0 Å². The summed E-state index contributed by atoms with van der Waals surface area (Å²) in [5.41, 5.74) is 1.17. The van der Waals surface area contributed by atoms with Crippen LogP contribution in [0.15, 0.2) is 24.3 Å². The zero-order valence-electron chi connectivity index (χ0n) is 9.76. The molecule has 0 radical (unpaired) electrons. The molecule has 0 aromatic heterocycles. The molecule has 0 spiro atoms. The Morgan fingerprint density at radius 1 is 1.12 bits per heavy atom. The first-order chi connectivity index (χ1) is 7.97. The van der Waals surface area contributed by atoms with Gasteiger partial charge < -0.3 is 9.47 Å². The molecule has 0 unspecified atom stereocenters. The number of benzene rings is 1. The predicted molar refractivity (Wildman–Crippen MR) is 65.5 cm³/mol. The lowest BCUT2D eigenvalue weighted by Gasteiger charge is -2.06. The molecular formula is C11H17NO4S. The molecule has 0 fully saturated rings. The number of rotatable bonds is 7. The molecule has 0 bridgehead atoms. The SMILES string of the molecule is Cc1ccc(OCCOCCS(N)(=O)=O)cc1. The van der Waals surface area contributed by atoms with E-state index in [1.54, 1.807) is 0 Å². The maximum Gasteiger partial charge on any atom is 0.211 e. The van der Waals surface area contributed by atoms with E-state index in [1.807, 2.05) is 31.2 Å². The van der Waals surface area contributed by atoms with Crippen LogP contribution in [0, 0.1) is 6.92 Å². The van der Waals surface area contributed by atoms with E-state index in [0.29, 0.717) is 13.2 Å². The van der Waals surface area contributed by atoms with Crippen molar-refractivity contribution in [1.82, 2.24) is 0 Å². The minimum Gasteiger partial charge on any atom is -0.491 e. The maximum absolute atomic E-state index is 10.6. The standard InChI is InChI=1S/C11H17NO4S/c1-10-2-4-11(5-3-10)16-7-6-15-8-9-17(12,13)14/h2-5H,6-9H2,1H3,(H2,12,13,14). The molecule has 1 aromatic carbocycles. The minimum atomic E-state index is -3.43. The Bertz CT molecular complexity index is 427. The Balaban J connectivity index is 2.10. The molecule has 0 saturated carbocycles. The monoisotopic (exact) mass is 259 g/mol. The topological polar surface area (TPSA) is 78.6 Å². The summed E-state index contributed by atoms with van der Waals surface area (Å²) in [5.74, 6) is 0.600. The number of ether oxygens (including phenoxy) is 2. The molecule has 17 heavy (non-hydrogen) atoms. The van der Waals surface area contributed by atoms with Gasteiger partial charge in [0.1, 0.15) is 12.4 Å². The summed E-state index contributed by atoms with van der Waals surface area (Å²) in [6.07, 6.45) is 0. The van der Waals surface area contributed by atoms with E-state index in [-0.39, 0.29) is 12.4 Å². The van der Waals surface area contributed by atoms with Gasteiger partial charge in [0.05, 0.1) is 19.0 Å². The highest BCUT2D eigenvalue weighted by molar-refractivity contribution is 7.89. The van der Waals surface area contributed by atoms with Gasteiger partial charge in [-0.15, -0.1) is 0 Å². The number of hydrogen-bond acceptors (Lipinski definition) is 4. The predicted octanol–water partition coefficient (Wildman–Crippen LogP) is 0.679. The van der Waals surface area contributed by atoms with Crippen molar-refractivity contribution in [3.8, 4) is 5.75 Å². The summed E-state index contributed by atoms with van der Waals surface area (Å²) in [4.78, 5) is 0. The molecule has 0 aliphatic heterocycles. The van der Waals surface area contributed by atoms with Gasteiger partial charge >= 0.3 is 0 Å². The van der Waals surface area contributed by atoms with Gasteiger partial charge in [-0.25, -0.2) is 13.6 Å². The molecule has 0 heterocycles. The van der Waals surface area contributed by atoms with E-state index >= 15 is 0 Å². The molecule has 5 nitrogen and oxygen atoms in total. The lowest BCUT2D eigenvalue weighted by Crippen LogP contribution is -2.21. The van der Waals surface area contributed by atoms with Gasteiger partial charge in [0, 0.05) is 0 Å². The van der Waals surface area contributed by atoms with Crippen molar-refractivity contribution in [3.63, 3.8) is 0 Å². The van der Waals surface area contributed by atoms with Crippen LogP contribution in [0.4, 0.5) is 0 Å². The van der Waals surface area contributed by atoms with Crippen LogP contribution in [0.25, 0.3) is 0 Å². The Morgan fingerprint density at radius 3 is 2.35 bits per heavy atom. The van der Waals surface area contributed by atoms with Gasteiger partial charge in [0.25, 0.3) is 0 Å². The Kier molecular flexibility index (Phi) is 5.40. The third-order valence-electron chi connectivity index (χ3n) is 2.03. The van der Waals surface area contributed by atoms with Crippen LogP contribution in [0.3, 0.4) is 0 Å². The van der Waals surface area contributed by atoms with Crippen LogP contribution in [-0.2, 0) is 14.8 Å². The van der Waals surface area contributed by atoms with E-state index < -0.39 is 10.0 Å². The molecule has 1 aromatic rings. The first kappa shape index (κ1) is 14.0. The lowest BCUT2D eigenvalue weighted by atomic mass is 10.2. The highest BCUT2D eigenvalue weighted by atomic mass is 32.2. The fraction of sp³-hybridized carbons (Fsp3) is 0.455. The average Bonchev–Trinajstić information content (AvgIpc) is 2.24. The fourth-order valence-electron chi connectivity index (χ4n) is 1.13. The zero-order chi connectivity index (χ0) is 12.7. The highest BCUT2D eigenvalue weighted by Crippen LogP contribution is 2.10. The average molecular weight is 259 g/mol. The van der Waals surface area contributed by atoms with Crippen molar-refractivity contribution in [3.05, 3.63) is 29.8 Å². The van der Waals surface area contributed by atoms with Crippen LogP contribution >= 0.6 is 0 Å².